The maximum absolute atomic E-state index is 13.3. The number of carbonyl (C=O) groups is 2. The first-order valence-electron chi connectivity index (χ1n) is 6.64. The molecule has 0 saturated carbocycles. The summed E-state index contributed by atoms with van der Waals surface area (Å²) < 4.78 is 23.2. The molecule has 0 saturated heterocycles. The highest BCUT2D eigenvalue weighted by Gasteiger charge is 2.20. The topological polar surface area (TPSA) is 52.6 Å². The molecule has 0 aliphatic rings. The van der Waals surface area contributed by atoms with Crippen LogP contribution in [0.15, 0.2) is 30.3 Å². The van der Waals surface area contributed by atoms with Gasteiger partial charge >= 0.3 is 11.9 Å². The molecular weight excluding hydrogens is 275 g/mol. The molecule has 0 spiro atoms. The summed E-state index contributed by atoms with van der Waals surface area (Å²) in [5.41, 5.74) is 0.197. The third kappa shape index (κ3) is 3.18. The van der Waals surface area contributed by atoms with E-state index < -0.39 is 17.8 Å². The van der Waals surface area contributed by atoms with Crippen LogP contribution in [0.1, 0.15) is 34.6 Å². The highest BCUT2D eigenvalue weighted by atomic mass is 19.1. The molecule has 0 fully saturated rings. The van der Waals surface area contributed by atoms with E-state index >= 15 is 0 Å². The number of rotatable bonds is 4. The van der Waals surface area contributed by atoms with Crippen LogP contribution in [-0.4, -0.2) is 25.2 Å². The van der Waals surface area contributed by atoms with Crippen LogP contribution in [0.5, 0.6) is 0 Å². The van der Waals surface area contributed by atoms with Crippen molar-refractivity contribution in [3.05, 3.63) is 47.3 Å². The Kier molecular flexibility index (Phi) is 4.52. The van der Waals surface area contributed by atoms with Gasteiger partial charge in [0.25, 0.3) is 0 Å². The summed E-state index contributed by atoms with van der Waals surface area (Å²) in [5.74, 6) is -1.65. The second-order valence-electron chi connectivity index (χ2n) is 4.33. The molecule has 0 amide bonds. The number of carbonyl (C=O) groups excluding carboxylic acids is 2. The summed E-state index contributed by atoms with van der Waals surface area (Å²) in [7, 11) is 0. The minimum absolute atomic E-state index is 0.0772. The highest BCUT2D eigenvalue weighted by molar-refractivity contribution is 6.07. The van der Waals surface area contributed by atoms with Crippen molar-refractivity contribution in [1.82, 2.24) is 0 Å². The number of hydrogen-bond acceptors (Lipinski definition) is 4. The molecule has 0 aliphatic heterocycles. The average molecular weight is 290 g/mol. The minimum Gasteiger partial charge on any atom is -0.462 e. The van der Waals surface area contributed by atoms with E-state index in [1.165, 1.54) is 24.3 Å². The van der Waals surface area contributed by atoms with Gasteiger partial charge < -0.3 is 9.47 Å². The van der Waals surface area contributed by atoms with Crippen molar-refractivity contribution in [2.24, 2.45) is 0 Å². The Morgan fingerprint density at radius 1 is 0.905 bits per heavy atom. The second-order valence-corrected chi connectivity index (χ2v) is 4.33. The summed E-state index contributed by atoms with van der Waals surface area (Å²) in [5, 5.41) is 1.17. The van der Waals surface area contributed by atoms with Gasteiger partial charge in [0, 0.05) is 0 Å². The van der Waals surface area contributed by atoms with Gasteiger partial charge in [-0.25, -0.2) is 14.0 Å². The molecule has 110 valence electrons. The molecule has 2 aromatic carbocycles. The fraction of sp³-hybridized carbons (Fsp3) is 0.250. The standard InChI is InChI=1S/C16H15FO4/c1-3-20-15(18)13-8-10-5-6-12(17)7-11(10)9-14(13)16(19)21-4-2/h5-9H,3-4H2,1-2H3. The van der Waals surface area contributed by atoms with Gasteiger partial charge in [-0.3, -0.25) is 0 Å². The van der Waals surface area contributed by atoms with Crippen molar-refractivity contribution in [3.63, 3.8) is 0 Å². The normalized spacial score (nSPS) is 10.4. The summed E-state index contributed by atoms with van der Waals surface area (Å²) in [6.07, 6.45) is 0. The van der Waals surface area contributed by atoms with E-state index in [1.54, 1.807) is 19.9 Å². The number of halogens is 1. The van der Waals surface area contributed by atoms with Crippen LogP contribution >= 0.6 is 0 Å². The zero-order chi connectivity index (χ0) is 15.4. The van der Waals surface area contributed by atoms with Gasteiger partial charge in [0.1, 0.15) is 5.82 Å². The predicted octanol–water partition coefficient (Wildman–Crippen LogP) is 3.33. The third-order valence-electron chi connectivity index (χ3n) is 2.93. The van der Waals surface area contributed by atoms with Crippen LogP contribution in [0.4, 0.5) is 4.39 Å². The molecule has 0 radical (unpaired) electrons. The zero-order valence-corrected chi connectivity index (χ0v) is 11.8. The van der Waals surface area contributed by atoms with Crippen molar-refractivity contribution >= 4 is 22.7 Å². The predicted molar refractivity (Wildman–Crippen MR) is 75.8 cm³/mol. The van der Waals surface area contributed by atoms with E-state index in [0.29, 0.717) is 10.8 Å². The number of fused-ring (bicyclic) bond motifs is 1. The average Bonchev–Trinajstić information content (AvgIpc) is 2.46. The molecule has 2 aromatic rings. The van der Waals surface area contributed by atoms with Gasteiger partial charge in [0.05, 0.1) is 24.3 Å². The van der Waals surface area contributed by atoms with Gasteiger partial charge in [0.15, 0.2) is 0 Å². The molecule has 0 unspecified atom stereocenters. The molecule has 0 bridgehead atoms. The monoisotopic (exact) mass is 290 g/mol. The quantitative estimate of drug-likeness (QED) is 0.810. The lowest BCUT2D eigenvalue weighted by atomic mass is 10.0. The molecule has 21 heavy (non-hydrogen) atoms. The van der Waals surface area contributed by atoms with Crippen molar-refractivity contribution in [2.75, 3.05) is 13.2 Å². The van der Waals surface area contributed by atoms with Gasteiger partial charge in [-0.15, -0.1) is 0 Å². The number of esters is 2. The van der Waals surface area contributed by atoms with Gasteiger partial charge in [-0.05, 0) is 48.9 Å². The third-order valence-corrected chi connectivity index (χ3v) is 2.93. The van der Waals surface area contributed by atoms with Crippen LogP contribution in [0.3, 0.4) is 0 Å². The van der Waals surface area contributed by atoms with E-state index in [2.05, 4.69) is 0 Å². The van der Waals surface area contributed by atoms with Crippen molar-refractivity contribution in [2.45, 2.75) is 13.8 Å². The molecule has 0 aliphatic carbocycles. The summed E-state index contributed by atoms with van der Waals surface area (Å²) >= 11 is 0. The Hall–Kier alpha value is -2.43. The first-order valence-corrected chi connectivity index (χ1v) is 6.64. The minimum atomic E-state index is -0.633. The second kappa shape index (κ2) is 6.35. The lowest BCUT2D eigenvalue weighted by Gasteiger charge is -2.10. The van der Waals surface area contributed by atoms with Crippen molar-refractivity contribution < 1.29 is 23.5 Å². The van der Waals surface area contributed by atoms with E-state index in [1.807, 2.05) is 0 Å². The number of ether oxygens (including phenoxy) is 2. The Morgan fingerprint density at radius 2 is 1.43 bits per heavy atom. The molecule has 0 aromatic heterocycles. The fourth-order valence-electron chi connectivity index (χ4n) is 2.02. The van der Waals surface area contributed by atoms with Gasteiger partial charge in [-0.2, -0.15) is 0 Å². The van der Waals surface area contributed by atoms with Crippen LogP contribution in [-0.2, 0) is 9.47 Å². The van der Waals surface area contributed by atoms with E-state index in [0.717, 1.165) is 0 Å². The maximum Gasteiger partial charge on any atom is 0.339 e. The van der Waals surface area contributed by atoms with Crippen molar-refractivity contribution in [3.8, 4) is 0 Å². The van der Waals surface area contributed by atoms with Crippen LogP contribution in [0.2, 0.25) is 0 Å². The zero-order valence-electron chi connectivity index (χ0n) is 11.8. The Bertz CT molecular complexity index is 694. The highest BCUT2D eigenvalue weighted by Crippen LogP contribution is 2.23. The van der Waals surface area contributed by atoms with Gasteiger partial charge in [0.2, 0.25) is 0 Å². The maximum atomic E-state index is 13.3. The summed E-state index contributed by atoms with van der Waals surface area (Å²) in [4.78, 5) is 24.0. The fourth-order valence-corrected chi connectivity index (χ4v) is 2.02. The molecule has 4 nitrogen and oxygen atoms in total. The van der Waals surface area contributed by atoms with Crippen LogP contribution in [0.25, 0.3) is 10.8 Å². The summed E-state index contributed by atoms with van der Waals surface area (Å²) in [6.45, 7) is 3.73. The van der Waals surface area contributed by atoms with E-state index in [9.17, 15) is 14.0 Å². The lowest BCUT2D eigenvalue weighted by Crippen LogP contribution is -2.14. The van der Waals surface area contributed by atoms with Crippen LogP contribution in [0, 0.1) is 5.82 Å². The Morgan fingerprint density at radius 3 is 1.95 bits per heavy atom. The molecular formula is C16H15FO4. The van der Waals surface area contributed by atoms with E-state index in [-0.39, 0.29) is 24.3 Å². The number of benzene rings is 2. The largest absolute Gasteiger partial charge is 0.462 e. The molecule has 5 heteroatoms. The molecule has 0 N–H and O–H groups in total. The molecule has 0 atom stereocenters. The lowest BCUT2D eigenvalue weighted by molar-refractivity contribution is 0.0479. The SMILES string of the molecule is CCOC(=O)c1cc2ccc(F)cc2cc1C(=O)OCC. The first-order chi connectivity index (χ1) is 10.1. The smallest absolute Gasteiger partial charge is 0.339 e. The van der Waals surface area contributed by atoms with Gasteiger partial charge in [-0.1, -0.05) is 6.07 Å². The van der Waals surface area contributed by atoms with Crippen molar-refractivity contribution in [1.29, 1.82) is 0 Å². The van der Waals surface area contributed by atoms with Crippen LogP contribution < -0.4 is 0 Å². The van der Waals surface area contributed by atoms with E-state index in [4.69, 9.17) is 9.47 Å². The summed E-state index contributed by atoms with van der Waals surface area (Å²) in [6, 6.07) is 7.10. The Balaban J connectivity index is 2.62. The first kappa shape index (κ1) is 15.0. The molecule has 0 heterocycles. The number of hydrogen-bond donors (Lipinski definition) is 0. The molecule has 2 rings (SSSR count). The Labute approximate surface area is 121 Å².